The first-order valence-corrected chi connectivity index (χ1v) is 1.97. The summed E-state index contributed by atoms with van der Waals surface area (Å²) in [5, 5.41) is 6.88. The molecule has 0 aromatic carbocycles. The van der Waals surface area contributed by atoms with Crippen LogP contribution in [0, 0.1) is 5.41 Å². The van der Waals surface area contributed by atoms with Crippen LogP contribution in [0.3, 0.4) is 0 Å². The van der Waals surface area contributed by atoms with Gasteiger partial charge >= 0.3 is 0 Å². The van der Waals surface area contributed by atoms with Gasteiger partial charge in [-0.25, -0.2) is 0 Å². The third kappa shape index (κ3) is 1.98. The Kier molecular flexibility index (Phi) is 2.12. The summed E-state index contributed by atoms with van der Waals surface area (Å²) in [6.07, 6.45) is 0. The van der Waals surface area contributed by atoms with Gasteiger partial charge in [-0.1, -0.05) is 6.58 Å². The largest absolute Gasteiger partial charge is 0.496 e. The van der Waals surface area contributed by atoms with Gasteiger partial charge in [-0.3, -0.25) is 0 Å². The van der Waals surface area contributed by atoms with Crippen LogP contribution in [-0.2, 0) is 4.74 Å². The first-order valence-electron chi connectivity index (χ1n) is 1.97. The van der Waals surface area contributed by atoms with Crippen molar-refractivity contribution in [2.75, 3.05) is 7.11 Å². The van der Waals surface area contributed by atoms with Gasteiger partial charge in [0.25, 0.3) is 0 Å². The zero-order chi connectivity index (χ0) is 5.86. The van der Waals surface area contributed by atoms with E-state index in [1.165, 1.54) is 7.11 Å². The minimum atomic E-state index is 0.377. The molecule has 0 bridgehead atoms. The van der Waals surface area contributed by atoms with Gasteiger partial charge in [0.15, 0.2) is 0 Å². The molecule has 0 aromatic rings. The van der Waals surface area contributed by atoms with Crippen molar-refractivity contribution in [3.63, 3.8) is 0 Å². The molecule has 0 saturated heterocycles. The van der Waals surface area contributed by atoms with Crippen molar-refractivity contribution in [3.05, 3.63) is 12.3 Å². The van der Waals surface area contributed by atoms with Crippen LogP contribution >= 0.6 is 0 Å². The van der Waals surface area contributed by atoms with Crippen molar-refractivity contribution in [2.24, 2.45) is 0 Å². The lowest BCUT2D eigenvalue weighted by atomic mass is 10.4. The van der Waals surface area contributed by atoms with Gasteiger partial charge in [0, 0.05) is 0 Å². The van der Waals surface area contributed by atoms with Crippen LogP contribution in [0.1, 0.15) is 6.92 Å². The van der Waals surface area contributed by atoms with Gasteiger partial charge in [-0.05, 0) is 6.92 Å². The molecule has 0 aliphatic carbocycles. The quantitative estimate of drug-likeness (QED) is 0.409. The molecule has 0 fully saturated rings. The molecule has 0 aromatic heterocycles. The number of hydrogen-bond donors (Lipinski definition) is 1. The lowest BCUT2D eigenvalue weighted by Crippen LogP contribution is -1.93. The predicted octanol–water partition coefficient (Wildman–Crippen LogP) is 1.19. The second kappa shape index (κ2) is 2.39. The Morgan fingerprint density at radius 1 is 1.71 bits per heavy atom. The van der Waals surface area contributed by atoms with Gasteiger partial charge in [-0.2, -0.15) is 0 Å². The Morgan fingerprint density at radius 3 is 2.14 bits per heavy atom. The second-order valence-corrected chi connectivity index (χ2v) is 1.25. The van der Waals surface area contributed by atoms with Crippen LogP contribution < -0.4 is 0 Å². The summed E-state index contributed by atoms with van der Waals surface area (Å²) in [7, 11) is 1.50. The zero-order valence-corrected chi connectivity index (χ0v) is 4.62. The summed E-state index contributed by atoms with van der Waals surface area (Å²) in [5.41, 5.74) is 0.377. The molecule has 0 aliphatic rings. The number of hydrogen-bond acceptors (Lipinski definition) is 2. The molecule has 0 heterocycles. The van der Waals surface area contributed by atoms with Crippen molar-refractivity contribution >= 4 is 5.71 Å². The molecular formula is C5H9NO. The van der Waals surface area contributed by atoms with Gasteiger partial charge in [-0.15, -0.1) is 0 Å². The van der Waals surface area contributed by atoms with Crippen LogP contribution in [0.4, 0.5) is 0 Å². The molecule has 1 N–H and O–H groups in total. The highest BCUT2D eigenvalue weighted by Crippen LogP contribution is 1.89. The second-order valence-electron chi connectivity index (χ2n) is 1.25. The highest BCUT2D eigenvalue weighted by molar-refractivity contribution is 5.92. The van der Waals surface area contributed by atoms with Gasteiger partial charge < -0.3 is 10.1 Å². The van der Waals surface area contributed by atoms with E-state index in [0.717, 1.165) is 0 Å². The lowest BCUT2D eigenvalue weighted by Gasteiger charge is -1.97. The minimum absolute atomic E-state index is 0.377. The zero-order valence-electron chi connectivity index (χ0n) is 4.62. The molecule has 0 amide bonds. The average molecular weight is 99.1 g/mol. The standard InChI is InChI=1S/C5H9NO/c1-4(6)5(2)7-3/h6H,2H2,1,3H3. The lowest BCUT2D eigenvalue weighted by molar-refractivity contribution is 0.316. The highest BCUT2D eigenvalue weighted by atomic mass is 16.5. The molecule has 0 rings (SSSR count). The van der Waals surface area contributed by atoms with Crippen molar-refractivity contribution in [1.82, 2.24) is 0 Å². The highest BCUT2D eigenvalue weighted by Gasteiger charge is 1.89. The first-order chi connectivity index (χ1) is 3.18. The van der Waals surface area contributed by atoms with E-state index in [2.05, 4.69) is 11.3 Å². The minimum Gasteiger partial charge on any atom is -0.496 e. The number of ether oxygens (including phenoxy) is 1. The van der Waals surface area contributed by atoms with Crippen molar-refractivity contribution in [1.29, 1.82) is 5.41 Å². The van der Waals surface area contributed by atoms with Crippen LogP contribution in [0.15, 0.2) is 12.3 Å². The third-order valence-corrected chi connectivity index (χ3v) is 0.665. The van der Waals surface area contributed by atoms with E-state index in [9.17, 15) is 0 Å². The number of allylic oxidation sites excluding steroid dienone is 1. The first kappa shape index (κ1) is 6.21. The van der Waals surface area contributed by atoms with E-state index in [1.54, 1.807) is 6.92 Å². The Balaban J connectivity index is 3.58. The summed E-state index contributed by atoms with van der Waals surface area (Å²) in [6, 6.07) is 0. The Bertz CT molecular complexity index is 96.3. The molecule has 0 radical (unpaired) electrons. The summed E-state index contributed by atoms with van der Waals surface area (Å²) in [5.74, 6) is 0.431. The van der Waals surface area contributed by atoms with E-state index < -0.39 is 0 Å². The number of rotatable bonds is 2. The maximum atomic E-state index is 6.88. The van der Waals surface area contributed by atoms with E-state index in [0.29, 0.717) is 11.5 Å². The molecule has 2 nitrogen and oxygen atoms in total. The van der Waals surface area contributed by atoms with Gasteiger partial charge in [0.05, 0.1) is 12.8 Å². The molecule has 40 valence electrons. The Labute approximate surface area is 43.3 Å². The fourth-order valence-electron chi connectivity index (χ4n) is 0.153. The molecule has 0 spiro atoms. The maximum Gasteiger partial charge on any atom is 0.132 e. The molecule has 0 aliphatic heterocycles. The molecule has 7 heavy (non-hydrogen) atoms. The number of methoxy groups -OCH3 is 1. The molecule has 0 saturated carbocycles. The van der Waals surface area contributed by atoms with Crippen molar-refractivity contribution in [3.8, 4) is 0 Å². The predicted molar refractivity (Wildman–Crippen MR) is 29.5 cm³/mol. The van der Waals surface area contributed by atoms with Crippen LogP contribution in [-0.4, -0.2) is 12.8 Å². The fraction of sp³-hybridized carbons (Fsp3) is 0.400. The third-order valence-electron chi connectivity index (χ3n) is 0.665. The number of nitrogens with one attached hydrogen (secondary N) is 1. The molecule has 0 atom stereocenters. The van der Waals surface area contributed by atoms with E-state index in [1.807, 2.05) is 0 Å². The smallest absolute Gasteiger partial charge is 0.132 e. The van der Waals surface area contributed by atoms with E-state index in [-0.39, 0.29) is 0 Å². The normalized spacial score (nSPS) is 7.71. The van der Waals surface area contributed by atoms with E-state index >= 15 is 0 Å². The molecular weight excluding hydrogens is 90.1 g/mol. The SMILES string of the molecule is C=C(OC)C(C)=N. The summed E-state index contributed by atoms with van der Waals surface area (Å²) in [6.45, 7) is 5.06. The van der Waals surface area contributed by atoms with E-state index in [4.69, 9.17) is 5.41 Å². The topological polar surface area (TPSA) is 33.1 Å². The van der Waals surface area contributed by atoms with Crippen molar-refractivity contribution < 1.29 is 4.74 Å². The average Bonchev–Trinajstić information content (AvgIpc) is 1.65. The van der Waals surface area contributed by atoms with Crippen LogP contribution in [0.5, 0.6) is 0 Å². The molecule has 0 unspecified atom stereocenters. The monoisotopic (exact) mass is 99.1 g/mol. The molecule has 2 heteroatoms. The van der Waals surface area contributed by atoms with Crippen molar-refractivity contribution in [2.45, 2.75) is 6.92 Å². The summed E-state index contributed by atoms with van der Waals surface area (Å²) >= 11 is 0. The fourth-order valence-corrected chi connectivity index (χ4v) is 0.153. The summed E-state index contributed by atoms with van der Waals surface area (Å²) < 4.78 is 4.59. The van der Waals surface area contributed by atoms with Crippen LogP contribution in [0.25, 0.3) is 0 Å². The van der Waals surface area contributed by atoms with Gasteiger partial charge in [0.1, 0.15) is 5.76 Å². The Morgan fingerprint density at radius 2 is 2.14 bits per heavy atom. The van der Waals surface area contributed by atoms with Crippen LogP contribution in [0.2, 0.25) is 0 Å². The van der Waals surface area contributed by atoms with Gasteiger partial charge in [0.2, 0.25) is 0 Å². The summed E-state index contributed by atoms with van der Waals surface area (Å²) in [4.78, 5) is 0. The maximum absolute atomic E-state index is 6.88. The Hall–Kier alpha value is -0.790.